The molecule has 9 heteroatoms. The maximum atomic E-state index is 14.3. The van der Waals surface area contributed by atoms with Gasteiger partial charge in [0.1, 0.15) is 11.6 Å². The minimum Gasteiger partial charge on any atom is -0.355 e. The number of benzene rings is 3. The Morgan fingerprint density at radius 2 is 1.81 bits per heavy atom. The van der Waals surface area contributed by atoms with Crippen LogP contribution in [-0.2, 0) is 18.5 Å². The molecule has 43 heavy (non-hydrogen) atoms. The lowest BCUT2D eigenvalue weighted by molar-refractivity contribution is 0.251. The Labute approximate surface area is 251 Å². The summed E-state index contributed by atoms with van der Waals surface area (Å²) in [4.78, 5) is 13.1. The molecule has 5 aromatic rings. The molecule has 2 aromatic heterocycles. The predicted molar refractivity (Wildman–Crippen MR) is 170 cm³/mol. The van der Waals surface area contributed by atoms with Crippen molar-refractivity contribution in [3.05, 3.63) is 95.6 Å². The third-order valence-corrected chi connectivity index (χ3v) is 8.08. The molecule has 8 nitrogen and oxygen atoms in total. The number of carbonyl (C=O) groups is 1. The Morgan fingerprint density at radius 3 is 2.53 bits per heavy atom. The van der Waals surface area contributed by atoms with Gasteiger partial charge in [-0.05, 0) is 79.8 Å². The maximum Gasteiger partial charge on any atom is 0.320 e. The van der Waals surface area contributed by atoms with Crippen LogP contribution in [0.5, 0.6) is 0 Å². The molecule has 6 rings (SSSR count). The summed E-state index contributed by atoms with van der Waals surface area (Å²) in [5.41, 5.74) is 5.94. The molecular weight excluding hydrogens is 541 g/mol. The largest absolute Gasteiger partial charge is 0.355 e. The number of hydrogen-bond acceptors (Lipinski definition) is 4. The zero-order valence-corrected chi connectivity index (χ0v) is 25.1. The third-order valence-electron chi connectivity index (χ3n) is 8.08. The van der Waals surface area contributed by atoms with Crippen LogP contribution in [0.2, 0.25) is 0 Å². The highest BCUT2D eigenvalue weighted by atomic mass is 19.1. The van der Waals surface area contributed by atoms with Gasteiger partial charge >= 0.3 is 6.03 Å². The van der Waals surface area contributed by atoms with E-state index in [0.717, 1.165) is 46.0 Å². The summed E-state index contributed by atoms with van der Waals surface area (Å²) in [6.07, 6.45) is 5.75. The smallest absolute Gasteiger partial charge is 0.320 e. The van der Waals surface area contributed by atoms with Crippen molar-refractivity contribution < 1.29 is 9.18 Å². The van der Waals surface area contributed by atoms with Gasteiger partial charge in [0.15, 0.2) is 0 Å². The van der Waals surface area contributed by atoms with Crippen LogP contribution in [0, 0.1) is 18.7 Å². The second kappa shape index (κ2) is 11.6. The van der Waals surface area contributed by atoms with Crippen LogP contribution in [-0.4, -0.2) is 25.6 Å². The Morgan fingerprint density at radius 1 is 1.02 bits per heavy atom. The first-order valence-corrected chi connectivity index (χ1v) is 14.9. The lowest BCUT2D eigenvalue weighted by Crippen LogP contribution is -2.29. The molecule has 0 bridgehead atoms. The monoisotopic (exact) mass is 579 g/mol. The van der Waals surface area contributed by atoms with Crippen LogP contribution in [0.15, 0.2) is 72.9 Å². The van der Waals surface area contributed by atoms with Crippen molar-refractivity contribution in [3.8, 4) is 5.69 Å². The van der Waals surface area contributed by atoms with Gasteiger partial charge in [0.2, 0.25) is 0 Å². The molecule has 0 atom stereocenters. The van der Waals surface area contributed by atoms with E-state index in [-0.39, 0.29) is 17.8 Å². The van der Waals surface area contributed by atoms with E-state index in [1.54, 1.807) is 10.7 Å². The number of halogens is 1. The van der Waals surface area contributed by atoms with Crippen LogP contribution in [0.1, 0.15) is 56.9 Å². The Balaban J connectivity index is 1.16. The van der Waals surface area contributed by atoms with E-state index in [4.69, 9.17) is 5.10 Å². The van der Waals surface area contributed by atoms with Crippen molar-refractivity contribution in [2.45, 2.75) is 65.5 Å². The minimum atomic E-state index is -0.413. The fourth-order valence-electron chi connectivity index (χ4n) is 5.27. The highest BCUT2D eigenvalue weighted by Crippen LogP contribution is 2.31. The lowest BCUT2D eigenvalue weighted by Gasteiger charge is -2.25. The molecule has 222 valence electrons. The molecule has 1 aliphatic rings. The lowest BCUT2D eigenvalue weighted by atomic mass is 9.85. The van der Waals surface area contributed by atoms with Crippen LogP contribution in [0.4, 0.5) is 26.4 Å². The van der Waals surface area contributed by atoms with Crippen molar-refractivity contribution in [2.24, 2.45) is 5.92 Å². The van der Waals surface area contributed by atoms with Gasteiger partial charge in [0, 0.05) is 41.3 Å². The molecule has 3 aromatic carbocycles. The highest BCUT2D eigenvalue weighted by Gasteiger charge is 2.22. The Bertz CT molecular complexity index is 1760. The first kappa shape index (κ1) is 28.5. The molecule has 0 radical (unpaired) electrons. The number of urea groups is 1. The van der Waals surface area contributed by atoms with E-state index in [0.29, 0.717) is 17.1 Å². The van der Waals surface area contributed by atoms with Gasteiger partial charge in [-0.3, -0.25) is 10.00 Å². The fourth-order valence-corrected chi connectivity index (χ4v) is 5.27. The quantitative estimate of drug-likeness (QED) is 0.175. The van der Waals surface area contributed by atoms with Crippen molar-refractivity contribution in [1.82, 2.24) is 24.9 Å². The normalized spacial score (nSPS) is 13.6. The number of anilines is 3. The van der Waals surface area contributed by atoms with Gasteiger partial charge in [-0.25, -0.2) is 13.9 Å². The number of aromatic nitrogens is 4. The number of aryl methyl sites for hydroxylation is 1. The van der Waals surface area contributed by atoms with Crippen LogP contribution in [0.3, 0.4) is 0 Å². The van der Waals surface area contributed by atoms with Crippen molar-refractivity contribution in [1.29, 1.82) is 0 Å². The first-order chi connectivity index (χ1) is 20.6. The topological polar surface area (TPSA) is 88.8 Å². The van der Waals surface area contributed by atoms with E-state index in [2.05, 4.69) is 52.6 Å². The number of amides is 2. The second-order valence-corrected chi connectivity index (χ2v) is 12.5. The molecule has 0 unspecified atom stereocenters. The highest BCUT2D eigenvalue weighted by molar-refractivity contribution is 5.89. The molecular formula is C34H38FN7O. The van der Waals surface area contributed by atoms with Crippen molar-refractivity contribution >= 4 is 34.1 Å². The fraction of sp³-hybridized carbons (Fsp3) is 0.324. The van der Waals surface area contributed by atoms with Gasteiger partial charge < -0.3 is 10.6 Å². The average Bonchev–Trinajstić information content (AvgIpc) is 3.55. The number of nitrogens with zero attached hydrogens (tertiary/aromatic N) is 4. The molecule has 1 aliphatic carbocycles. The molecule has 0 aliphatic heterocycles. The first-order valence-electron chi connectivity index (χ1n) is 14.9. The summed E-state index contributed by atoms with van der Waals surface area (Å²) < 4.78 is 18.1. The number of carbonyl (C=O) groups excluding carboxylic acids is 1. The maximum absolute atomic E-state index is 14.3. The van der Waals surface area contributed by atoms with Crippen LogP contribution < -0.4 is 16.0 Å². The molecule has 0 saturated heterocycles. The molecule has 3 N–H and O–H groups in total. The van der Waals surface area contributed by atoms with Crippen LogP contribution in [0.25, 0.3) is 16.6 Å². The van der Waals surface area contributed by atoms with Gasteiger partial charge in [-0.1, -0.05) is 44.9 Å². The summed E-state index contributed by atoms with van der Waals surface area (Å²) in [5.74, 6) is 0.897. The number of nitrogens with one attached hydrogen (secondary N) is 3. The Kier molecular flexibility index (Phi) is 7.64. The standard InChI is InChI=1S/C34H38FN7O/c1-22-8-12-28(13-9-22)42-32(18-31(40-42)34(2,3)4)39-33(43)36-19-24-16-26(35)10-14-29(24)38-27-11-15-30-25(17-27)20-37-41(30)21-23-6-5-7-23/h8-18,20,23,38H,5-7,19,21H2,1-4H3,(H2,36,39,43). The average molecular weight is 580 g/mol. The summed E-state index contributed by atoms with van der Waals surface area (Å²) in [5, 5.41) is 19.7. The Hall–Kier alpha value is -4.66. The molecule has 1 fully saturated rings. The molecule has 0 spiro atoms. The molecule has 2 heterocycles. The number of rotatable bonds is 8. The van der Waals surface area contributed by atoms with Gasteiger partial charge in [0.25, 0.3) is 0 Å². The second-order valence-electron chi connectivity index (χ2n) is 12.5. The number of fused-ring (bicyclic) bond motifs is 1. The zero-order valence-electron chi connectivity index (χ0n) is 25.1. The summed E-state index contributed by atoms with van der Waals surface area (Å²) >= 11 is 0. The van der Waals surface area contributed by atoms with Crippen molar-refractivity contribution in [2.75, 3.05) is 10.6 Å². The molecule has 1 saturated carbocycles. The van der Waals surface area contributed by atoms with E-state index in [1.165, 1.54) is 31.4 Å². The summed E-state index contributed by atoms with van der Waals surface area (Å²) in [7, 11) is 0. The van der Waals surface area contributed by atoms with E-state index in [9.17, 15) is 9.18 Å². The minimum absolute atomic E-state index is 0.123. The van der Waals surface area contributed by atoms with E-state index >= 15 is 0 Å². The summed E-state index contributed by atoms with van der Waals surface area (Å²) in [6.45, 7) is 9.34. The zero-order chi connectivity index (χ0) is 30.1. The number of hydrogen-bond donors (Lipinski definition) is 3. The van der Waals surface area contributed by atoms with Gasteiger partial charge in [-0.2, -0.15) is 10.2 Å². The van der Waals surface area contributed by atoms with Gasteiger partial charge in [-0.15, -0.1) is 0 Å². The van der Waals surface area contributed by atoms with E-state index in [1.807, 2.05) is 55.6 Å². The van der Waals surface area contributed by atoms with E-state index < -0.39 is 6.03 Å². The predicted octanol–water partition coefficient (Wildman–Crippen LogP) is 7.83. The molecule has 2 amide bonds. The third kappa shape index (κ3) is 6.40. The van der Waals surface area contributed by atoms with Crippen LogP contribution >= 0.6 is 0 Å². The summed E-state index contributed by atoms with van der Waals surface area (Å²) in [6, 6.07) is 20.1. The SMILES string of the molecule is Cc1ccc(-n2nc(C(C)(C)C)cc2NC(=O)NCc2cc(F)ccc2Nc2ccc3c(cnn3CC3CCC3)c2)cc1. The van der Waals surface area contributed by atoms with Gasteiger partial charge in [0.05, 0.1) is 23.1 Å². The van der Waals surface area contributed by atoms with Crippen molar-refractivity contribution in [3.63, 3.8) is 0 Å².